The normalized spacial score (nSPS) is 26.4. The van der Waals surface area contributed by atoms with Crippen LogP contribution in [-0.4, -0.2) is 64.1 Å². The Morgan fingerprint density at radius 1 is 1.23 bits per heavy atom. The highest BCUT2D eigenvalue weighted by Gasteiger charge is 2.56. The van der Waals surface area contributed by atoms with Gasteiger partial charge in [-0.25, -0.2) is 4.79 Å². The molecule has 11 heteroatoms. The van der Waals surface area contributed by atoms with Crippen LogP contribution in [0.2, 0.25) is 0 Å². The van der Waals surface area contributed by atoms with E-state index in [1.54, 1.807) is 0 Å². The van der Waals surface area contributed by atoms with Gasteiger partial charge in [0.15, 0.2) is 23.7 Å². The van der Waals surface area contributed by atoms with Crippen molar-refractivity contribution < 1.29 is 45.9 Å². The van der Waals surface area contributed by atoms with Crippen molar-refractivity contribution in [1.82, 2.24) is 0 Å². The van der Waals surface area contributed by atoms with Gasteiger partial charge < -0.3 is 23.7 Å². The second kappa shape index (κ2) is 9.56. The van der Waals surface area contributed by atoms with Crippen LogP contribution in [0.1, 0.15) is 12.0 Å². The third-order valence-corrected chi connectivity index (χ3v) is 6.17. The Balaban J connectivity index is 1.73. The third-order valence-electron chi connectivity index (χ3n) is 4.62. The van der Waals surface area contributed by atoms with Gasteiger partial charge in [0.05, 0.1) is 13.7 Å². The van der Waals surface area contributed by atoms with Gasteiger partial charge in [0.1, 0.15) is 12.7 Å². The summed E-state index contributed by atoms with van der Waals surface area (Å²) in [7, 11) is -3.37. The molecule has 2 aliphatic heterocycles. The number of hydrogen-bond donors (Lipinski definition) is 0. The highest BCUT2D eigenvalue weighted by Crippen LogP contribution is 2.36. The fraction of sp³-hybridized carbons (Fsp3) is 0.474. The number of carbonyl (C=O) groups excluding carboxylic acids is 2. The van der Waals surface area contributed by atoms with E-state index in [2.05, 4.69) is 10.8 Å². The van der Waals surface area contributed by atoms with Gasteiger partial charge in [0, 0.05) is 6.42 Å². The lowest BCUT2D eigenvalue weighted by molar-refractivity contribution is -0.175. The molecule has 0 aromatic heterocycles. The van der Waals surface area contributed by atoms with E-state index >= 15 is 0 Å². The van der Waals surface area contributed by atoms with Gasteiger partial charge in [-0.05, 0) is 5.56 Å². The molecule has 5 atom stereocenters. The first-order valence-corrected chi connectivity index (χ1v) is 10.6. The van der Waals surface area contributed by atoms with Crippen molar-refractivity contribution in [3.05, 3.63) is 48.6 Å². The van der Waals surface area contributed by atoms with Gasteiger partial charge in [-0.2, -0.15) is 8.42 Å². The molecule has 1 aromatic rings. The maximum atomic E-state index is 12.3. The molecule has 1 unspecified atom stereocenters. The van der Waals surface area contributed by atoms with Crippen molar-refractivity contribution in [2.45, 2.75) is 42.9 Å². The molecule has 10 nitrogen and oxygen atoms in total. The summed E-state index contributed by atoms with van der Waals surface area (Å²) in [5.41, 5.74) is 0.860. The number of ether oxygens (including phenoxy) is 5. The van der Waals surface area contributed by atoms with E-state index in [1.807, 2.05) is 30.3 Å². The molecule has 2 fully saturated rings. The lowest BCUT2D eigenvalue weighted by Gasteiger charge is -2.21. The van der Waals surface area contributed by atoms with Crippen LogP contribution in [0.4, 0.5) is 4.79 Å². The molecular formula is C19H22O10S. The summed E-state index contributed by atoms with van der Waals surface area (Å²) < 4.78 is 55.6. The van der Waals surface area contributed by atoms with Crippen molar-refractivity contribution in [1.29, 1.82) is 0 Å². The van der Waals surface area contributed by atoms with E-state index in [0.717, 1.165) is 12.7 Å². The molecular weight excluding hydrogens is 420 g/mol. The predicted molar refractivity (Wildman–Crippen MR) is 101 cm³/mol. The van der Waals surface area contributed by atoms with Crippen LogP contribution in [0.5, 0.6) is 0 Å². The van der Waals surface area contributed by atoms with E-state index in [-0.39, 0.29) is 19.6 Å². The number of benzene rings is 1. The second-order valence-corrected chi connectivity index (χ2v) is 8.44. The smallest absolute Gasteiger partial charge is 0.460 e. The Morgan fingerprint density at radius 3 is 2.60 bits per heavy atom. The molecule has 0 aliphatic carbocycles. The van der Waals surface area contributed by atoms with Gasteiger partial charge in [0.25, 0.3) is 10.1 Å². The van der Waals surface area contributed by atoms with E-state index in [0.29, 0.717) is 0 Å². The standard InChI is InChI=1S/C19H22O10S/c1-3-9-25-17(20)14(30(22,23)24-2)10-13-15-16(29-19(21)28-15)18(27-13)26-11-12-7-5-4-6-8-12/h3-8,13-16,18H,1,9-11H2,2H3/t13-,14?,15-,16-,18-/m1/s1. The average molecular weight is 442 g/mol. The molecule has 0 saturated carbocycles. The molecule has 2 saturated heterocycles. The zero-order valence-electron chi connectivity index (χ0n) is 16.2. The first-order valence-electron chi connectivity index (χ1n) is 9.11. The molecule has 0 spiro atoms. The van der Waals surface area contributed by atoms with Crippen molar-refractivity contribution in [3.8, 4) is 0 Å². The number of rotatable bonds is 10. The van der Waals surface area contributed by atoms with Gasteiger partial charge in [-0.1, -0.05) is 43.0 Å². The van der Waals surface area contributed by atoms with Crippen LogP contribution in [0.15, 0.2) is 43.0 Å². The minimum Gasteiger partial charge on any atom is -0.460 e. The van der Waals surface area contributed by atoms with E-state index in [9.17, 15) is 18.0 Å². The lowest BCUT2D eigenvalue weighted by atomic mass is 10.1. The summed E-state index contributed by atoms with van der Waals surface area (Å²) in [5.74, 6) is -1.03. The topological polar surface area (TPSA) is 124 Å². The molecule has 2 aliphatic rings. The summed E-state index contributed by atoms with van der Waals surface area (Å²) in [6.07, 6.45) is -3.84. The SMILES string of the molecule is C=CCOC(=O)C(C[C@H]1O[C@@H](OCc2ccccc2)[C@@H]2OC(=O)O[C@@H]21)S(=O)(=O)OC. The summed E-state index contributed by atoms with van der Waals surface area (Å²) >= 11 is 0. The fourth-order valence-corrected chi connectivity index (χ4v) is 4.14. The number of esters is 1. The van der Waals surface area contributed by atoms with Crippen molar-refractivity contribution in [2.24, 2.45) is 0 Å². The van der Waals surface area contributed by atoms with E-state index < -0.39 is 52.1 Å². The summed E-state index contributed by atoms with van der Waals surface area (Å²) in [6, 6.07) is 9.23. The second-order valence-electron chi connectivity index (χ2n) is 6.56. The largest absolute Gasteiger partial charge is 0.509 e. The Morgan fingerprint density at radius 2 is 1.93 bits per heavy atom. The minimum absolute atomic E-state index is 0.167. The third kappa shape index (κ3) is 4.98. The van der Waals surface area contributed by atoms with Gasteiger partial charge >= 0.3 is 12.1 Å². The van der Waals surface area contributed by atoms with Gasteiger partial charge in [-0.3, -0.25) is 8.98 Å². The van der Waals surface area contributed by atoms with Gasteiger partial charge in [-0.15, -0.1) is 0 Å². The first-order chi connectivity index (χ1) is 14.4. The molecule has 0 radical (unpaired) electrons. The van der Waals surface area contributed by atoms with Crippen molar-refractivity contribution >= 4 is 22.2 Å². The van der Waals surface area contributed by atoms with E-state index in [4.69, 9.17) is 23.7 Å². The summed E-state index contributed by atoms with van der Waals surface area (Å²) in [5, 5.41) is -1.69. The predicted octanol–water partition coefficient (Wildman–Crippen LogP) is 1.30. The van der Waals surface area contributed by atoms with Crippen LogP contribution in [-0.2, 0) is 49.4 Å². The first kappa shape index (κ1) is 22.2. The lowest BCUT2D eigenvalue weighted by Crippen LogP contribution is -2.39. The van der Waals surface area contributed by atoms with Crippen molar-refractivity contribution in [2.75, 3.05) is 13.7 Å². The van der Waals surface area contributed by atoms with Crippen molar-refractivity contribution in [3.63, 3.8) is 0 Å². The van der Waals surface area contributed by atoms with Crippen LogP contribution in [0.25, 0.3) is 0 Å². The van der Waals surface area contributed by atoms with Crippen LogP contribution in [0.3, 0.4) is 0 Å². The molecule has 2 heterocycles. The van der Waals surface area contributed by atoms with Crippen LogP contribution >= 0.6 is 0 Å². The summed E-state index contributed by atoms with van der Waals surface area (Å²) in [6.45, 7) is 3.40. The average Bonchev–Trinajstić information content (AvgIpc) is 3.27. The molecule has 0 bridgehead atoms. The monoisotopic (exact) mass is 442 g/mol. The quantitative estimate of drug-likeness (QED) is 0.297. The number of carbonyl (C=O) groups is 2. The zero-order valence-corrected chi connectivity index (χ0v) is 17.0. The molecule has 3 rings (SSSR count). The Labute approximate surface area is 173 Å². The summed E-state index contributed by atoms with van der Waals surface area (Å²) in [4.78, 5) is 23.9. The Hall–Kier alpha value is -2.47. The zero-order chi connectivity index (χ0) is 21.7. The Kier molecular flexibility index (Phi) is 7.08. The van der Waals surface area contributed by atoms with E-state index in [1.165, 1.54) is 6.08 Å². The molecule has 30 heavy (non-hydrogen) atoms. The highest BCUT2D eigenvalue weighted by molar-refractivity contribution is 7.88. The minimum atomic E-state index is -4.30. The molecule has 164 valence electrons. The maximum absolute atomic E-state index is 12.3. The molecule has 1 aromatic carbocycles. The Bertz CT molecular complexity index is 869. The number of hydrogen-bond acceptors (Lipinski definition) is 10. The molecule has 0 amide bonds. The molecule has 0 N–H and O–H groups in total. The maximum Gasteiger partial charge on any atom is 0.509 e. The van der Waals surface area contributed by atoms with Crippen LogP contribution in [0, 0.1) is 0 Å². The fourth-order valence-electron chi connectivity index (χ4n) is 3.18. The number of fused-ring (bicyclic) bond motifs is 1. The van der Waals surface area contributed by atoms with Crippen LogP contribution < -0.4 is 0 Å². The van der Waals surface area contributed by atoms with Gasteiger partial charge in [0.2, 0.25) is 0 Å². The highest BCUT2D eigenvalue weighted by atomic mass is 32.2.